The molecular formula is C38H37Cl2OSiTi. The molecule has 1 atom stereocenters. The molecule has 0 saturated heterocycles. The van der Waals surface area contributed by atoms with Crippen LogP contribution >= 0.6 is 0 Å². The summed E-state index contributed by atoms with van der Waals surface area (Å²) in [7, 11) is 0. The number of ether oxygens (including phenoxy) is 1. The largest absolute Gasteiger partial charge is 1.00 e. The minimum absolute atomic E-state index is 0. The molecule has 5 aromatic carbocycles. The van der Waals surface area contributed by atoms with Crippen LogP contribution in [0.15, 0.2) is 131 Å². The van der Waals surface area contributed by atoms with Crippen LogP contribution in [0.3, 0.4) is 0 Å². The van der Waals surface area contributed by atoms with Gasteiger partial charge in [0.2, 0.25) is 0 Å². The summed E-state index contributed by atoms with van der Waals surface area (Å²) in [6, 6.07) is 46.1. The third-order valence-electron chi connectivity index (χ3n) is 8.22. The Morgan fingerprint density at radius 2 is 1.23 bits per heavy atom. The fraction of sp³-hybridized carbons (Fsp3) is 0.158. The van der Waals surface area contributed by atoms with Crippen molar-refractivity contribution in [2.45, 2.75) is 38.8 Å². The van der Waals surface area contributed by atoms with Crippen molar-refractivity contribution in [3.8, 4) is 11.5 Å². The predicted octanol–water partition coefficient (Wildman–Crippen LogP) is 3.36. The molecule has 1 aliphatic carbocycles. The molecule has 0 amide bonds. The van der Waals surface area contributed by atoms with E-state index in [4.69, 9.17) is 4.74 Å². The van der Waals surface area contributed by atoms with Gasteiger partial charge < -0.3 is 24.8 Å². The third-order valence-corrected chi connectivity index (χ3v) is 20.8. The van der Waals surface area contributed by atoms with E-state index in [0.29, 0.717) is 5.92 Å². The zero-order valence-electron chi connectivity index (χ0n) is 25.1. The molecule has 0 radical (unpaired) electrons. The third kappa shape index (κ3) is 6.95. The zero-order chi connectivity index (χ0) is 28.3. The minimum atomic E-state index is -1.93. The van der Waals surface area contributed by atoms with Crippen LogP contribution in [0.2, 0.25) is 13.1 Å². The molecule has 0 aliphatic heterocycles. The Balaban J connectivity index is 0.00000212. The Kier molecular flexibility index (Phi) is 11.3. The summed E-state index contributed by atoms with van der Waals surface area (Å²) in [5, 5.41) is 0. The van der Waals surface area contributed by atoms with Crippen LogP contribution in [0, 0.1) is 6.92 Å². The van der Waals surface area contributed by atoms with Crippen LogP contribution < -0.4 is 33.4 Å². The van der Waals surface area contributed by atoms with E-state index in [-0.39, 0.29) is 30.7 Å². The van der Waals surface area contributed by atoms with Gasteiger partial charge in [-0.2, -0.15) is 0 Å². The van der Waals surface area contributed by atoms with E-state index in [1.54, 1.807) is 3.88 Å². The molecule has 1 unspecified atom stereocenters. The van der Waals surface area contributed by atoms with Crippen LogP contribution in [0.4, 0.5) is 0 Å². The van der Waals surface area contributed by atoms with Gasteiger partial charge >= 0.3 is 253 Å². The van der Waals surface area contributed by atoms with Crippen molar-refractivity contribution in [3.63, 3.8) is 0 Å². The smallest absolute Gasteiger partial charge is 1.00 e. The predicted molar refractivity (Wildman–Crippen MR) is 173 cm³/mol. The number of rotatable bonds is 8. The van der Waals surface area contributed by atoms with Crippen molar-refractivity contribution in [1.29, 1.82) is 0 Å². The average molecular weight is 657 g/mol. The van der Waals surface area contributed by atoms with Crippen LogP contribution in [-0.4, -0.2) is 6.66 Å². The fourth-order valence-corrected chi connectivity index (χ4v) is 19.2. The number of fused-ring (bicyclic) bond motifs is 1. The number of para-hydroxylation sites is 1. The molecule has 1 aliphatic rings. The van der Waals surface area contributed by atoms with Crippen LogP contribution in [0.5, 0.6) is 11.5 Å². The molecule has 5 aromatic rings. The molecule has 0 spiro atoms. The second-order valence-electron chi connectivity index (χ2n) is 11.4. The fourth-order valence-electron chi connectivity index (χ4n) is 6.39. The van der Waals surface area contributed by atoms with Gasteiger partial charge in [0.15, 0.2) is 0 Å². The molecule has 0 heterocycles. The maximum atomic E-state index is 7.06. The summed E-state index contributed by atoms with van der Waals surface area (Å²) in [5.74, 6) is 2.53. The van der Waals surface area contributed by atoms with Gasteiger partial charge in [-0.3, -0.25) is 0 Å². The average Bonchev–Trinajstić information content (AvgIpc) is 3.32. The van der Waals surface area contributed by atoms with Crippen molar-refractivity contribution in [2.24, 2.45) is 0 Å². The van der Waals surface area contributed by atoms with E-state index in [1.165, 1.54) is 37.2 Å². The summed E-state index contributed by atoms with van der Waals surface area (Å²) < 4.78 is 10.2. The summed E-state index contributed by atoms with van der Waals surface area (Å²) in [4.78, 5) is 0. The maximum Gasteiger partial charge on any atom is -1.00 e. The minimum Gasteiger partial charge on any atom is -1.00 e. The van der Waals surface area contributed by atoms with Crippen molar-refractivity contribution in [2.75, 3.05) is 0 Å². The molecule has 0 aromatic heterocycles. The molecule has 0 saturated carbocycles. The number of allylic oxidation sites excluding steroid dienone is 1. The van der Waals surface area contributed by atoms with Gasteiger partial charge in [-0.15, -0.1) is 0 Å². The monoisotopic (exact) mass is 655 g/mol. The molecule has 0 N–H and O–H groups in total. The maximum absolute atomic E-state index is 7.06. The van der Waals surface area contributed by atoms with Crippen molar-refractivity contribution in [1.82, 2.24) is 0 Å². The normalized spacial score (nSPS) is 13.5. The molecule has 1 nitrogen and oxygen atoms in total. The second-order valence-corrected chi connectivity index (χ2v) is 24.6. The Morgan fingerprint density at radius 1 is 0.698 bits per heavy atom. The topological polar surface area (TPSA) is 9.23 Å². The van der Waals surface area contributed by atoms with E-state index in [1.807, 2.05) is 0 Å². The molecule has 0 bridgehead atoms. The van der Waals surface area contributed by atoms with Gasteiger partial charge in [0.25, 0.3) is 0 Å². The first-order valence-corrected chi connectivity index (χ1v) is 21.8. The first-order chi connectivity index (χ1) is 20.0. The number of aryl methyl sites for hydroxylation is 1. The van der Waals surface area contributed by atoms with Gasteiger partial charge in [-0.25, -0.2) is 0 Å². The summed E-state index contributed by atoms with van der Waals surface area (Å²) in [6.45, 7) is 8.74. The molecule has 0 fully saturated rings. The first kappa shape index (κ1) is 33.1. The van der Waals surface area contributed by atoms with Gasteiger partial charge in [-0.05, 0) is 0 Å². The second kappa shape index (κ2) is 14.8. The molecule has 5 heteroatoms. The van der Waals surface area contributed by atoms with E-state index in [2.05, 4.69) is 160 Å². The molecule has 6 rings (SSSR count). The zero-order valence-corrected chi connectivity index (χ0v) is 29.3. The van der Waals surface area contributed by atoms with E-state index >= 15 is 0 Å². The quantitative estimate of drug-likeness (QED) is 0.184. The SMILES string of the molecule is Cc1cc(C(c2ccccc2)c2ccccc2)c(Oc2ccccc2)[c]([Ti+2]([C]2=Cc3ccccc3C2C)[SiH](C)C)c1.[Cl-].[Cl-]. The Bertz CT molecular complexity index is 1630. The van der Waals surface area contributed by atoms with Crippen molar-refractivity contribution in [3.05, 3.63) is 165 Å². The number of halogens is 2. The van der Waals surface area contributed by atoms with Gasteiger partial charge in [0.1, 0.15) is 0 Å². The Labute approximate surface area is 276 Å². The van der Waals surface area contributed by atoms with Crippen molar-refractivity contribution < 1.29 is 46.7 Å². The number of hydrogen-bond donors (Lipinski definition) is 0. The van der Waals surface area contributed by atoms with Gasteiger partial charge in [0, 0.05) is 0 Å². The van der Waals surface area contributed by atoms with Gasteiger partial charge in [0.05, 0.1) is 0 Å². The molecule has 217 valence electrons. The summed E-state index contributed by atoms with van der Waals surface area (Å²) in [5.41, 5.74) is 8.04. The van der Waals surface area contributed by atoms with E-state index in [9.17, 15) is 0 Å². The van der Waals surface area contributed by atoms with Crippen LogP contribution in [0.25, 0.3) is 6.08 Å². The first-order valence-electron chi connectivity index (χ1n) is 14.7. The number of hydrogen-bond acceptors (Lipinski definition) is 1. The summed E-state index contributed by atoms with van der Waals surface area (Å²) in [6.07, 6.45) is 2.54. The molecule has 43 heavy (non-hydrogen) atoms. The standard InChI is InChI=1S/C26H21O.C10H9.C2H7Si.2ClH.Ti/c1-20-17-18-25(27-23-15-9-4-10-16-23)24(19-20)26(21-11-5-2-6-12-21)22-13-7-3-8-14-22;1-8-6-7-9-4-2-3-5-10(8)9;1-3-2;;;/h2-17,19,26H,1H3;2-5,7-8H,1H3;3H,1-2H3;2*1H;/q;;;;;+2/p-2. The van der Waals surface area contributed by atoms with Crippen LogP contribution in [-0.2, 0) is 17.1 Å². The van der Waals surface area contributed by atoms with Gasteiger partial charge in [-0.1, -0.05) is 0 Å². The van der Waals surface area contributed by atoms with E-state index < -0.39 is 23.8 Å². The van der Waals surface area contributed by atoms with E-state index in [0.717, 1.165) is 11.5 Å². The number of benzene rings is 5. The van der Waals surface area contributed by atoms with Crippen LogP contribution in [0.1, 0.15) is 52.1 Å². The Hall–Kier alpha value is -2.85. The van der Waals surface area contributed by atoms with Crippen molar-refractivity contribution >= 4 is 16.6 Å². The Morgan fingerprint density at radius 3 is 1.79 bits per heavy atom. The molecular weight excluding hydrogens is 619 g/mol. The summed E-state index contributed by atoms with van der Waals surface area (Å²) >= 11 is -1.93.